The SMILES string of the molecule is CCCC1CCN(C(=O)c2ccc(Cl)c(Cc3nc4c(C)cc(C(F)(F)F)cn4c3C)c2Cl)CC1.Cc1cc(C(C)(F)F)cn2c(C)c(Cc3c(Cl)ccc(C(=O)N4CCOCC4)c3Cl)nc12.Cc1cc(C(F)(F)F)cn2c(C)c(Cc3c(Cl)ccc(C(=O)N4CCC(C(C)(C)O)CC4)c3Cl)nc12.Cc1cc(C(F)(F)F)cn2c(C)c(Cc3c(Cl)ccc(C(=O)N4CCC(C)CC4)c3Cl)nc12. The average molecular weight is 2050 g/mol. The lowest BCUT2D eigenvalue weighted by Gasteiger charge is -2.38. The maximum Gasteiger partial charge on any atom is 0.417 e. The number of likely N-dealkylation sites (tertiary alicyclic amines) is 3. The summed E-state index contributed by atoms with van der Waals surface area (Å²) in [5.41, 5.74) is 8.96. The number of amides is 4. The zero-order valence-corrected chi connectivity index (χ0v) is 83.1. The molecule has 4 aliphatic rings. The number of fused-ring (bicyclic) bond motifs is 4. The van der Waals surface area contributed by atoms with Gasteiger partial charge in [0, 0.05) is 158 Å². The number of aryl methyl sites for hydroxylation is 8. The molecule has 0 spiro atoms. The van der Waals surface area contributed by atoms with E-state index in [0.29, 0.717) is 245 Å². The Hall–Kier alpha value is -9.01. The number of rotatable bonds is 16. The Kier molecular flexibility index (Phi) is 32.1. The van der Waals surface area contributed by atoms with Crippen molar-refractivity contribution in [3.63, 3.8) is 0 Å². The number of hydrogen-bond donors (Lipinski definition) is 1. The van der Waals surface area contributed by atoms with Gasteiger partial charge in [0.25, 0.3) is 29.6 Å². The number of pyridine rings is 4. The minimum Gasteiger partial charge on any atom is -0.390 e. The average Bonchev–Trinajstić information content (AvgIpc) is 1.62. The van der Waals surface area contributed by atoms with E-state index in [1.807, 2.05) is 11.8 Å². The van der Waals surface area contributed by atoms with Gasteiger partial charge in [0.15, 0.2) is 0 Å². The number of hydrogen-bond acceptors (Lipinski definition) is 10. The van der Waals surface area contributed by atoms with Gasteiger partial charge in [-0.15, -0.1) is 0 Å². The van der Waals surface area contributed by atoms with Crippen molar-refractivity contribution in [3.05, 3.63) is 272 Å². The summed E-state index contributed by atoms with van der Waals surface area (Å²) in [6.45, 7) is 28.0. The van der Waals surface area contributed by atoms with E-state index >= 15 is 0 Å². The number of alkyl halides is 11. The molecular formula is C99H103Cl8F11N12O6. The number of benzene rings is 4. The molecule has 37 heteroatoms. The Morgan fingerprint density at radius 2 is 0.632 bits per heavy atom. The van der Waals surface area contributed by atoms with Crippen LogP contribution < -0.4 is 0 Å². The van der Waals surface area contributed by atoms with Crippen LogP contribution in [0.5, 0.6) is 0 Å². The predicted molar refractivity (Wildman–Crippen MR) is 510 cm³/mol. The highest BCUT2D eigenvalue weighted by Crippen LogP contribution is 2.43. The van der Waals surface area contributed by atoms with Crippen LogP contribution in [-0.4, -0.2) is 157 Å². The molecule has 4 aliphatic heterocycles. The van der Waals surface area contributed by atoms with Gasteiger partial charge in [-0.1, -0.05) is 119 Å². The largest absolute Gasteiger partial charge is 0.417 e. The minimum atomic E-state index is -4.47. The summed E-state index contributed by atoms with van der Waals surface area (Å²) in [5.74, 6) is -2.27. The highest BCUT2D eigenvalue weighted by Gasteiger charge is 2.39. The number of aromatic nitrogens is 8. The van der Waals surface area contributed by atoms with Crippen LogP contribution in [0.3, 0.4) is 0 Å². The molecule has 0 aliphatic carbocycles. The van der Waals surface area contributed by atoms with Crippen molar-refractivity contribution in [2.24, 2.45) is 17.8 Å². The van der Waals surface area contributed by atoms with Gasteiger partial charge in [-0.05, 0) is 243 Å². The first-order valence-corrected chi connectivity index (χ1v) is 47.6. The number of aliphatic hydroxyl groups is 1. The molecule has 0 radical (unpaired) electrons. The number of morpholine rings is 1. The molecule has 18 nitrogen and oxygen atoms in total. The quantitative estimate of drug-likeness (QED) is 0.0915. The van der Waals surface area contributed by atoms with Crippen LogP contribution in [0.25, 0.3) is 22.6 Å². The summed E-state index contributed by atoms with van der Waals surface area (Å²) in [6, 6.07) is 17.8. The first-order valence-electron chi connectivity index (χ1n) is 44.6. The first-order chi connectivity index (χ1) is 63.7. The lowest BCUT2D eigenvalue weighted by molar-refractivity contribution is -0.138. The van der Waals surface area contributed by atoms with Gasteiger partial charge in [-0.25, -0.2) is 28.7 Å². The van der Waals surface area contributed by atoms with Crippen LogP contribution in [-0.2, 0) is 54.9 Å². The fourth-order valence-corrected chi connectivity index (χ4v) is 20.2. The molecule has 4 amide bonds. The molecule has 728 valence electrons. The van der Waals surface area contributed by atoms with Crippen molar-refractivity contribution < 1.29 is 77.3 Å². The van der Waals surface area contributed by atoms with Crippen molar-refractivity contribution in [2.45, 2.75) is 197 Å². The van der Waals surface area contributed by atoms with E-state index in [4.69, 9.17) is 97.5 Å². The lowest BCUT2D eigenvalue weighted by atomic mass is 9.83. The molecule has 0 atom stereocenters. The van der Waals surface area contributed by atoms with Gasteiger partial charge in [-0.2, -0.15) is 39.5 Å². The summed E-state index contributed by atoms with van der Waals surface area (Å²) in [6.07, 6.45) is -0.443. The van der Waals surface area contributed by atoms with Crippen molar-refractivity contribution in [1.29, 1.82) is 0 Å². The highest BCUT2D eigenvalue weighted by atomic mass is 35.5. The Morgan fingerprint density at radius 1 is 0.382 bits per heavy atom. The summed E-state index contributed by atoms with van der Waals surface area (Å²) in [4.78, 5) is 78.1. The fourth-order valence-electron chi connectivity index (χ4n) is 17.9. The van der Waals surface area contributed by atoms with Gasteiger partial charge in [-0.3, -0.25) is 19.2 Å². The smallest absolute Gasteiger partial charge is 0.390 e. The van der Waals surface area contributed by atoms with Crippen molar-refractivity contribution in [3.8, 4) is 0 Å². The molecule has 12 heterocycles. The first kappa shape index (κ1) is 104. The normalized spacial score (nSPS) is 15.3. The topological polar surface area (TPSA) is 180 Å². The van der Waals surface area contributed by atoms with Gasteiger partial charge >= 0.3 is 18.5 Å². The Balaban J connectivity index is 0.000000154. The zero-order chi connectivity index (χ0) is 99.4. The molecule has 4 aromatic carbocycles. The number of ether oxygens (including phenoxy) is 1. The molecular weight excluding hydrogens is 1950 g/mol. The summed E-state index contributed by atoms with van der Waals surface area (Å²) in [5, 5.41) is 12.8. The maximum absolute atomic E-state index is 13.9. The van der Waals surface area contributed by atoms with E-state index in [0.717, 1.165) is 75.8 Å². The molecule has 4 fully saturated rings. The third-order valence-corrected chi connectivity index (χ3v) is 29.4. The van der Waals surface area contributed by atoms with E-state index < -0.39 is 46.7 Å². The van der Waals surface area contributed by atoms with Crippen LogP contribution in [0.2, 0.25) is 40.2 Å². The second kappa shape index (κ2) is 41.8. The standard InChI is InChI=1S/C26H28Cl2F3N3O2.C26H28Cl2F3N3O.C24H24Cl2F3N3O.C23H23Cl2F2N3O2/c1-14-11-17(26(29,30)31)13-34-15(2)21(32-23(14)34)12-19-20(27)6-5-18(22(19)28)24(35)33-9-7-16(8-10-33)25(3,4)36;1-4-5-17-8-10-33(11-9-17)25(35)19-6-7-21(27)20(23(19)28)13-22-16(3)34-14-18(26(29,30)31)12-15(2)24(34)32-22;1-13-6-8-31(9-7-13)23(33)17-4-5-19(25)18(21(17)26)11-20-15(3)32-12-16(24(27,28)29)10-14(2)22(32)30-20;1-13-10-15(23(3,26)27)12-30-14(2)19(28-21(13)30)11-17-18(24)5-4-16(20(17)25)22(31)29-6-8-32-9-7-29/h5-6,11,13,16,36H,7-10,12H2,1-4H3;6-7,12,14,17H,4-5,8-11,13H2,1-3H3;4-5,10,12-13H,6-9,11H2,1-3H3;4-5,10,12H,6-9,11H2,1-3H3. The van der Waals surface area contributed by atoms with Gasteiger partial charge in [0.05, 0.1) is 101 Å². The number of nitrogens with zero attached hydrogens (tertiary/aromatic N) is 12. The monoisotopic (exact) mass is 2040 g/mol. The van der Waals surface area contributed by atoms with Gasteiger partial charge in [0.1, 0.15) is 22.6 Å². The van der Waals surface area contributed by atoms with E-state index in [-0.39, 0.29) is 80.9 Å². The van der Waals surface area contributed by atoms with E-state index in [9.17, 15) is 72.6 Å². The summed E-state index contributed by atoms with van der Waals surface area (Å²) in [7, 11) is 0. The number of halogens is 19. The van der Waals surface area contributed by atoms with Crippen LogP contribution in [0, 0.1) is 73.1 Å². The van der Waals surface area contributed by atoms with Crippen LogP contribution in [0.1, 0.15) is 240 Å². The van der Waals surface area contributed by atoms with Crippen LogP contribution in [0.15, 0.2) is 97.6 Å². The predicted octanol–water partition coefficient (Wildman–Crippen LogP) is 26.2. The third-order valence-electron chi connectivity index (χ3n) is 26.2. The molecule has 8 aromatic heterocycles. The second-order valence-corrected chi connectivity index (χ2v) is 39.4. The molecule has 0 unspecified atom stereocenters. The van der Waals surface area contributed by atoms with E-state index in [2.05, 4.69) is 33.8 Å². The van der Waals surface area contributed by atoms with Crippen molar-refractivity contribution in [2.75, 3.05) is 65.6 Å². The zero-order valence-electron chi connectivity index (χ0n) is 77.1. The number of carbonyl (C=O) groups excluding carboxylic acids is 4. The maximum atomic E-state index is 13.9. The van der Waals surface area contributed by atoms with Crippen LogP contribution in [0.4, 0.5) is 48.3 Å². The number of piperidine rings is 3. The van der Waals surface area contributed by atoms with E-state index in [1.165, 1.54) is 31.9 Å². The summed E-state index contributed by atoms with van der Waals surface area (Å²) >= 11 is 52.5. The number of carbonyl (C=O) groups is 4. The fraction of sp³-hybridized carbons (Fsp3) is 0.434. The molecule has 1 N–H and O–H groups in total. The minimum absolute atomic E-state index is 0.0799. The van der Waals surface area contributed by atoms with Gasteiger partial charge < -0.3 is 47.0 Å². The molecule has 12 aromatic rings. The second-order valence-electron chi connectivity index (χ2n) is 36.3. The molecule has 136 heavy (non-hydrogen) atoms. The third kappa shape index (κ3) is 22.8. The Morgan fingerprint density at radius 3 is 0.890 bits per heavy atom. The molecule has 4 saturated heterocycles. The van der Waals surface area contributed by atoms with Crippen molar-refractivity contribution >= 4 is 139 Å². The Bertz CT molecular complexity index is 6560. The van der Waals surface area contributed by atoms with Crippen molar-refractivity contribution in [1.82, 2.24) is 57.1 Å². The highest BCUT2D eigenvalue weighted by molar-refractivity contribution is 6.40. The van der Waals surface area contributed by atoms with Crippen LogP contribution >= 0.6 is 92.8 Å². The molecule has 0 bridgehead atoms. The van der Waals surface area contributed by atoms with E-state index in [1.54, 1.807) is 130 Å². The lowest BCUT2D eigenvalue weighted by Crippen LogP contribution is -2.44. The molecule has 0 saturated carbocycles. The van der Waals surface area contributed by atoms with Gasteiger partial charge in [0.2, 0.25) is 0 Å². The number of imidazole rings is 4. The summed E-state index contributed by atoms with van der Waals surface area (Å²) < 4.78 is 159. The Labute approximate surface area is 820 Å². The molecule has 16 rings (SSSR count).